The fourth-order valence-electron chi connectivity index (χ4n) is 8.33. The van der Waals surface area contributed by atoms with Crippen LogP contribution in [-0.2, 0) is 83.4 Å². The van der Waals surface area contributed by atoms with Gasteiger partial charge >= 0.3 is 49.5 Å². The van der Waals surface area contributed by atoms with Crippen molar-refractivity contribution in [3.63, 3.8) is 0 Å². The first kappa shape index (κ1) is 80.9. The molecule has 0 saturated carbocycles. The van der Waals surface area contributed by atoms with Gasteiger partial charge in [-0.1, -0.05) is 139 Å². The summed E-state index contributed by atoms with van der Waals surface area (Å²) in [6, 6.07) is 111. The van der Waals surface area contributed by atoms with E-state index in [4.69, 9.17) is 25.8 Å². The van der Waals surface area contributed by atoms with Gasteiger partial charge < -0.3 is 28.5 Å². The van der Waals surface area contributed by atoms with Gasteiger partial charge in [0, 0.05) is 41.3 Å². The third-order valence-corrected chi connectivity index (χ3v) is 12.4. The van der Waals surface area contributed by atoms with Crippen LogP contribution in [0.1, 0.15) is 0 Å². The van der Waals surface area contributed by atoms with E-state index in [2.05, 4.69) is 82.1 Å². The Kier molecular flexibility index (Phi) is 39.9. The molecule has 0 bridgehead atoms. The molecule has 19 heteroatoms. The number of pyridine rings is 8. The molecule has 8 aromatic heterocycles. The first-order valence-electron chi connectivity index (χ1n) is 28.7. The van der Waals surface area contributed by atoms with Crippen LogP contribution in [0.2, 0.25) is 0 Å². The number of aliphatic hydroxyl groups excluding tert-OH is 1. The molecule has 0 aliphatic rings. The van der Waals surface area contributed by atoms with Crippen LogP contribution in [0, 0.1) is 46.4 Å². The summed E-state index contributed by atoms with van der Waals surface area (Å²) in [5.74, 6) is 0. The molecule has 8 heterocycles. The maximum Gasteiger partial charge on any atom is 2.00 e. The zero-order valence-corrected chi connectivity index (χ0v) is 56.3. The Bertz CT molecular complexity index is 3790. The summed E-state index contributed by atoms with van der Waals surface area (Å²) >= 11 is 3.70. The molecule has 490 valence electrons. The number of aliphatic hydroxyl groups is 1. The van der Waals surface area contributed by atoms with Crippen LogP contribution in [0.3, 0.4) is 0 Å². The molecule has 14 aromatic rings. The van der Waals surface area contributed by atoms with Gasteiger partial charge in [0.2, 0.25) is 0 Å². The molecular formula is C79H55N12Ni4O2S-. The van der Waals surface area contributed by atoms with Gasteiger partial charge in [-0.25, -0.2) is 5.26 Å². The Morgan fingerprint density at radius 3 is 0.714 bits per heavy atom. The topological polar surface area (TPSA) is 224 Å². The number of rotatable bonds is 10. The van der Waals surface area contributed by atoms with Crippen molar-refractivity contribution in [2.24, 2.45) is 0 Å². The number of para-hydroxylation sites is 2. The molecule has 0 spiro atoms. The van der Waals surface area contributed by atoms with E-state index in [1.165, 1.54) is 5.40 Å². The second kappa shape index (κ2) is 48.4. The van der Waals surface area contributed by atoms with Gasteiger partial charge in [-0.05, 0) is 102 Å². The Morgan fingerprint density at radius 2 is 0.520 bits per heavy atom. The molecular weight excluding hydrogens is 1420 g/mol. The summed E-state index contributed by atoms with van der Waals surface area (Å²) in [6.07, 6.45) is 8.35. The molecule has 0 saturated heterocycles. The number of carbonyl (C=O) groups excluding carboxylic acids is 1. The monoisotopic (exact) mass is 1470 g/mol. The summed E-state index contributed by atoms with van der Waals surface area (Å²) in [6.45, 7) is 0. The minimum Gasteiger partial charge on any atom is -0.724 e. The smallest absolute Gasteiger partial charge is 0.724 e. The van der Waals surface area contributed by atoms with Gasteiger partial charge in [0.15, 0.2) is 0 Å². The predicted octanol–water partition coefficient (Wildman–Crippen LogP) is 18.2. The molecule has 0 aliphatic carbocycles. The van der Waals surface area contributed by atoms with E-state index in [0.717, 1.165) is 108 Å². The number of nitriles is 2. The SMILES string of the molecule is N#CO.N#C[S-].[N-]=C=O.[Ni+2].[Ni+2].[Ni+2].[Ni].[c-]1ccccc1-c1cccc(-c2ccccn2)n1.[c-]1ccccc1-c1cccc(-c2ccccn2)n1.[c-]1ccccc1-c1cccc(-c2ccccn2)n1.[c-]1ccccc1-c1cccc(-c2ccccn2)n1.c1ccc([N-]c2ccccc2)cc1. The maximum absolute atomic E-state index is 8.24. The number of hydrogen-bond acceptors (Lipinski definition) is 13. The number of benzene rings is 6. The van der Waals surface area contributed by atoms with Crippen LogP contribution in [0.5, 0.6) is 0 Å². The Labute approximate surface area is 616 Å². The molecule has 1 N–H and O–H groups in total. The number of aromatic nitrogens is 8. The minimum absolute atomic E-state index is 0. The van der Waals surface area contributed by atoms with Crippen molar-refractivity contribution in [2.45, 2.75) is 0 Å². The van der Waals surface area contributed by atoms with Crippen LogP contribution in [0.25, 0.3) is 101 Å². The number of nitrogens with zero attached hydrogens (tertiary/aromatic N) is 12. The zero-order valence-electron chi connectivity index (χ0n) is 51.6. The predicted molar refractivity (Wildman–Crippen MR) is 372 cm³/mol. The third-order valence-electron chi connectivity index (χ3n) is 12.4. The van der Waals surface area contributed by atoms with E-state index in [-0.39, 0.29) is 66.0 Å². The molecule has 14 nitrogen and oxygen atoms in total. The number of hydrogen-bond donors (Lipinski definition) is 1. The van der Waals surface area contributed by atoms with E-state index >= 15 is 0 Å². The molecule has 0 aliphatic heterocycles. The minimum atomic E-state index is 0. The van der Waals surface area contributed by atoms with E-state index in [0.29, 0.717) is 6.08 Å². The van der Waals surface area contributed by atoms with Gasteiger partial charge in [-0.2, -0.15) is 5.26 Å². The van der Waals surface area contributed by atoms with Crippen LogP contribution in [-0.4, -0.2) is 51.1 Å². The third kappa shape index (κ3) is 28.3. The average Bonchev–Trinajstić information content (AvgIpc) is 0.904. The van der Waals surface area contributed by atoms with Gasteiger partial charge in [-0.3, -0.25) is 44.7 Å². The maximum atomic E-state index is 8.24. The first-order valence-corrected chi connectivity index (χ1v) is 29.1. The summed E-state index contributed by atoms with van der Waals surface area (Å²) in [5, 5.41) is 33.4. The largest absolute Gasteiger partial charge is 2.00 e. The molecule has 0 atom stereocenters. The van der Waals surface area contributed by atoms with Crippen LogP contribution < -0.4 is 0 Å². The Hall–Kier alpha value is -11.3. The van der Waals surface area contributed by atoms with Crippen molar-refractivity contribution >= 4 is 30.1 Å². The zero-order chi connectivity index (χ0) is 65.9. The fourth-order valence-corrected chi connectivity index (χ4v) is 8.33. The molecule has 6 aromatic carbocycles. The summed E-state index contributed by atoms with van der Waals surface area (Å²) in [4.78, 5) is 44.0. The van der Waals surface area contributed by atoms with E-state index in [1.54, 1.807) is 24.8 Å². The van der Waals surface area contributed by atoms with E-state index in [9.17, 15) is 0 Å². The molecule has 0 radical (unpaired) electrons. The van der Waals surface area contributed by atoms with Gasteiger partial charge in [0.25, 0.3) is 6.26 Å². The first-order chi connectivity index (χ1) is 46.4. The second-order valence-electron chi connectivity index (χ2n) is 18.7. The van der Waals surface area contributed by atoms with Crippen LogP contribution in [0.4, 0.5) is 11.4 Å². The quantitative estimate of drug-likeness (QED) is 0.0336. The molecule has 98 heavy (non-hydrogen) atoms. The standard InChI is InChI=1S/4C16H11N2.C12H10N.CHNO.CNO.CHNS.4Ni/c4*1-2-7-13(8-3-1)14-10-6-11-16(18-14)15-9-4-5-12-17-15;1-3-7-11(8-4-1)13-12-9-5-2-6-10-12;3*2-1-3;;;;/h4*1-7,9-12H;1-10H;3H;;3H;;;;/q5*-1;;-1;;;3*+2/p-1. The van der Waals surface area contributed by atoms with Crippen molar-refractivity contribution in [1.29, 1.82) is 10.5 Å². The molecule has 0 amide bonds. The van der Waals surface area contributed by atoms with Crippen molar-refractivity contribution in [3.05, 3.63) is 363 Å². The van der Waals surface area contributed by atoms with Crippen molar-refractivity contribution < 1.29 is 75.9 Å². The molecule has 0 fully saturated rings. The van der Waals surface area contributed by atoms with Crippen molar-refractivity contribution in [1.82, 2.24) is 39.9 Å². The van der Waals surface area contributed by atoms with Crippen LogP contribution in [0.15, 0.2) is 328 Å². The Balaban J connectivity index is 0.000000307. The summed E-state index contributed by atoms with van der Waals surface area (Å²) < 4.78 is 0. The summed E-state index contributed by atoms with van der Waals surface area (Å²) in [7, 11) is 0. The van der Waals surface area contributed by atoms with E-state index < -0.39 is 0 Å². The van der Waals surface area contributed by atoms with Gasteiger partial charge in [-0.15, -0.1) is 155 Å². The average molecular weight is 1470 g/mol. The van der Waals surface area contributed by atoms with Crippen LogP contribution >= 0.6 is 0 Å². The molecule has 0 unspecified atom stereocenters. The normalized spacial score (nSPS) is 9.00. The number of isocyanates is 1. The van der Waals surface area contributed by atoms with Gasteiger partial charge in [0.1, 0.15) is 0 Å². The number of thiocyanates is 1. The molecule has 14 rings (SSSR count). The summed E-state index contributed by atoms with van der Waals surface area (Å²) in [5.41, 5.74) is 16.7. The van der Waals surface area contributed by atoms with Gasteiger partial charge in [0.05, 0.1) is 45.6 Å². The second-order valence-corrected chi connectivity index (χ2v) is 18.8. The van der Waals surface area contributed by atoms with E-state index in [1.807, 2.05) is 303 Å². The van der Waals surface area contributed by atoms with Crippen molar-refractivity contribution in [2.75, 3.05) is 0 Å². The van der Waals surface area contributed by atoms with Crippen molar-refractivity contribution in [3.8, 4) is 102 Å². The Morgan fingerprint density at radius 1 is 0.327 bits per heavy atom. The fraction of sp³-hybridized carbons (Fsp3) is 0.